The van der Waals surface area contributed by atoms with Gasteiger partial charge in [0.1, 0.15) is 0 Å². The van der Waals surface area contributed by atoms with Crippen LogP contribution in [0.3, 0.4) is 0 Å². The smallest absolute Gasteiger partial charge is 0.0534 e. The molecule has 0 aliphatic carbocycles. The van der Waals surface area contributed by atoms with Crippen molar-refractivity contribution in [3.63, 3.8) is 0 Å². The summed E-state index contributed by atoms with van der Waals surface area (Å²) in [7, 11) is 0. The van der Waals surface area contributed by atoms with E-state index >= 15 is 0 Å². The number of allylic oxidation sites excluding steroid dienone is 2. The quantitative estimate of drug-likeness (QED) is 0.571. The van der Waals surface area contributed by atoms with Crippen molar-refractivity contribution in [3.8, 4) is 0 Å². The Kier molecular flexibility index (Phi) is 6.61. The standard InChI is InChI=1S/C12H22O/c1-6-13-9-12(11(4)5)8-7-10(2)3/h7,12H,4,6,8-9H2,1-3,5H3. The van der Waals surface area contributed by atoms with Crippen LogP contribution in [0.4, 0.5) is 0 Å². The second-order valence-corrected chi connectivity index (χ2v) is 3.72. The molecule has 0 amide bonds. The Morgan fingerprint density at radius 1 is 1.38 bits per heavy atom. The summed E-state index contributed by atoms with van der Waals surface area (Å²) in [6.07, 6.45) is 3.30. The van der Waals surface area contributed by atoms with E-state index in [1.165, 1.54) is 11.1 Å². The molecule has 0 spiro atoms. The third kappa shape index (κ3) is 6.59. The molecule has 0 heterocycles. The van der Waals surface area contributed by atoms with Crippen molar-refractivity contribution in [3.05, 3.63) is 23.8 Å². The average Bonchev–Trinajstić information content (AvgIpc) is 2.03. The number of hydrogen-bond donors (Lipinski definition) is 0. The molecule has 0 aliphatic heterocycles. The molecule has 0 radical (unpaired) electrons. The molecule has 0 aromatic rings. The van der Waals surface area contributed by atoms with Crippen molar-refractivity contribution in [2.45, 2.75) is 34.1 Å². The normalized spacial score (nSPS) is 12.3. The maximum absolute atomic E-state index is 5.40. The summed E-state index contributed by atoms with van der Waals surface area (Å²) in [4.78, 5) is 0. The average molecular weight is 182 g/mol. The lowest BCUT2D eigenvalue weighted by Crippen LogP contribution is -2.09. The molecule has 0 aromatic heterocycles. The fourth-order valence-corrected chi connectivity index (χ4v) is 1.05. The van der Waals surface area contributed by atoms with Crippen LogP contribution in [-0.2, 0) is 4.74 Å². The molecule has 1 heteroatoms. The van der Waals surface area contributed by atoms with Gasteiger partial charge >= 0.3 is 0 Å². The lowest BCUT2D eigenvalue weighted by molar-refractivity contribution is 0.122. The van der Waals surface area contributed by atoms with Crippen molar-refractivity contribution in [1.29, 1.82) is 0 Å². The van der Waals surface area contributed by atoms with Gasteiger partial charge in [-0.1, -0.05) is 23.8 Å². The minimum absolute atomic E-state index is 0.481. The van der Waals surface area contributed by atoms with Crippen LogP contribution in [0.1, 0.15) is 34.1 Å². The second-order valence-electron chi connectivity index (χ2n) is 3.72. The van der Waals surface area contributed by atoms with Crippen molar-refractivity contribution in [1.82, 2.24) is 0 Å². The highest BCUT2D eigenvalue weighted by Gasteiger charge is 2.07. The van der Waals surface area contributed by atoms with E-state index in [0.29, 0.717) is 5.92 Å². The van der Waals surface area contributed by atoms with Crippen LogP contribution < -0.4 is 0 Å². The molecular weight excluding hydrogens is 160 g/mol. The highest BCUT2D eigenvalue weighted by atomic mass is 16.5. The Morgan fingerprint density at radius 2 is 2.00 bits per heavy atom. The summed E-state index contributed by atoms with van der Waals surface area (Å²) >= 11 is 0. The molecule has 0 aromatic carbocycles. The van der Waals surface area contributed by atoms with Crippen LogP contribution in [0.5, 0.6) is 0 Å². The Labute approximate surface area is 82.5 Å². The van der Waals surface area contributed by atoms with E-state index in [1.54, 1.807) is 0 Å². The van der Waals surface area contributed by atoms with Crippen molar-refractivity contribution >= 4 is 0 Å². The molecule has 0 bridgehead atoms. The summed E-state index contributed by atoms with van der Waals surface area (Å²) in [6, 6.07) is 0. The largest absolute Gasteiger partial charge is 0.381 e. The minimum atomic E-state index is 0.481. The van der Waals surface area contributed by atoms with E-state index in [2.05, 4.69) is 33.4 Å². The van der Waals surface area contributed by atoms with Gasteiger partial charge in [0.05, 0.1) is 6.61 Å². The number of ether oxygens (including phenoxy) is 1. The number of rotatable bonds is 6. The molecule has 1 nitrogen and oxygen atoms in total. The van der Waals surface area contributed by atoms with Gasteiger partial charge in [-0.15, -0.1) is 0 Å². The van der Waals surface area contributed by atoms with E-state index in [0.717, 1.165) is 19.6 Å². The van der Waals surface area contributed by atoms with Crippen LogP contribution in [0, 0.1) is 5.92 Å². The van der Waals surface area contributed by atoms with Crippen LogP contribution in [0.25, 0.3) is 0 Å². The molecule has 0 fully saturated rings. The van der Waals surface area contributed by atoms with Gasteiger partial charge in [-0.25, -0.2) is 0 Å². The summed E-state index contributed by atoms with van der Waals surface area (Å²) in [6.45, 7) is 13.9. The van der Waals surface area contributed by atoms with Crippen molar-refractivity contribution < 1.29 is 4.74 Å². The maximum Gasteiger partial charge on any atom is 0.0534 e. The van der Waals surface area contributed by atoms with E-state index in [9.17, 15) is 0 Å². The van der Waals surface area contributed by atoms with Crippen molar-refractivity contribution in [2.75, 3.05) is 13.2 Å². The molecule has 1 atom stereocenters. The molecule has 13 heavy (non-hydrogen) atoms. The molecule has 0 saturated carbocycles. The number of hydrogen-bond acceptors (Lipinski definition) is 1. The molecule has 76 valence electrons. The third-order valence-electron chi connectivity index (χ3n) is 2.03. The van der Waals surface area contributed by atoms with E-state index in [4.69, 9.17) is 4.74 Å². The van der Waals surface area contributed by atoms with Crippen LogP contribution >= 0.6 is 0 Å². The fourth-order valence-electron chi connectivity index (χ4n) is 1.05. The highest BCUT2D eigenvalue weighted by Crippen LogP contribution is 2.15. The Hall–Kier alpha value is -0.560. The molecule has 0 N–H and O–H groups in total. The van der Waals surface area contributed by atoms with E-state index < -0.39 is 0 Å². The van der Waals surface area contributed by atoms with Crippen LogP contribution in [0.15, 0.2) is 23.8 Å². The molecule has 0 saturated heterocycles. The Bertz CT molecular complexity index is 176. The fraction of sp³-hybridized carbons (Fsp3) is 0.667. The first kappa shape index (κ1) is 12.4. The summed E-state index contributed by atoms with van der Waals surface area (Å²) in [5.74, 6) is 0.481. The van der Waals surface area contributed by atoms with Gasteiger partial charge in [-0.05, 0) is 34.1 Å². The second kappa shape index (κ2) is 6.90. The molecule has 1 unspecified atom stereocenters. The molecule has 0 aliphatic rings. The predicted octanol–water partition coefficient (Wildman–Crippen LogP) is 3.57. The Morgan fingerprint density at radius 3 is 2.38 bits per heavy atom. The summed E-state index contributed by atoms with van der Waals surface area (Å²) < 4.78 is 5.40. The zero-order valence-electron chi connectivity index (χ0n) is 9.39. The monoisotopic (exact) mass is 182 g/mol. The maximum atomic E-state index is 5.40. The summed E-state index contributed by atoms with van der Waals surface area (Å²) in [5.41, 5.74) is 2.58. The summed E-state index contributed by atoms with van der Waals surface area (Å²) in [5, 5.41) is 0. The first-order valence-corrected chi connectivity index (χ1v) is 4.94. The lowest BCUT2D eigenvalue weighted by atomic mass is 9.98. The topological polar surface area (TPSA) is 9.23 Å². The van der Waals surface area contributed by atoms with Gasteiger partial charge in [0.15, 0.2) is 0 Å². The van der Waals surface area contributed by atoms with E-state index in [1.807, 2.05) is 6.92 Å². The van der Waals surface area contributed by atoms with Crippen LogP contribution in [0.2, 0.25) is 0 Å². The van der Waals surface area contributed by atoms with Gasteiger partial charge in [0, 0.05) is 12.5 Å². The molecule has 0 rings (SSSR count). The van der Waals surface area contributed by atoms with Gasteiger partial charge in [0.2, 0.25) is 0 Å². The van der Waals surface area contributed by atoms with Gasteiger partial charge in [-0.2, -0.15) is 0 Å². The van der Waals surface area contributed by atoms with Crippen LogP contribution in [-0.4, -0.2) is 13.2 Å². The van der Waals surface area contributed by atoms with E-state index in [-0.39, 0.29) is 0 Å². The minimum Gasteiger partial charge on any atom is -0.381 e. The third-order valence-corrected chi connectivity index (χ3v) is 2.03. The zero-order chi connectivity index (χ0) is 10.3. The van der Waals surface area contributed by atoms with Gasteiger partial charge < -0.3 is 4.74 Å². The SMILES string of the molecule is C=C(C)C(CC=C(C)C)COCC. The molecular formula is C12H22O. The first-order chi connectivity index (χ1) is 6.07. The predicted molar refractivity (Wildman–Crippen MR) is 58.8 cm³/mol. The lowest BCUT2D eigenvalue weighted by Gasteiger charge is -2.14. The van der Waals surface area contributed by atoms with Gasteiger partial charge in [0.25, 0.3) is 0 Å². The van der Waals surface area contributed by atoms with Gasteiger partial charge in [-0.3, -0.25) is 0 Å². The first-order valence-electron chi connectivity index (χ1n) is 4.94. The zero-order valence-corrected chi connectivity index (χ0v) is 9.39. The van der Waals surface area contributed by atoms with Crippen molar-refractivity contribution in [2.24, 2.45) is 5.92 Å². The highest BCUT2D eigenvalue weighted by molar-refractivity contribution is 5.02. The Balaban J connectivity index is 3.95.